The minimum atomic E-state index is -0.323. The standard InChI is InChI=1S/C26H26N4O2S/c1-19(25(31)27-18-17-20-9-5-3-6-10-20)33-26-29-28-24(21-13-15-23(32-2)16-14-21)30(26)22-11-7-4-8-12-22/h3-16,19H,17-18H2,1-2H3,(H,27,31). The summed E-state index contributed by atoms with van der Waals surface area (Å²) >= 11 is 1.40. The SMILES string of the molecule is COc1ccc(-c2nnc(SC(C)C(=O)NCCc3ccccc3)n2-c2ccccc2)cc1. The number of ether oxygens (including phenoxy) is 1. The van der Waals surface area contributed by atoms with Crippen molar-refractivity contribution < 1.29 is 9.53 Å². The second-order valence-electron chi connectivity index (χ2n) is 7.49. The molecule has 168 valence electrons. The summed E-state index contributed by atoms with van der Waals surface area (Å²) in [6, 6.07) is 27.8. The molecule has 1 unspecified atom stereocenters. The molecule has 0 bridgehead atoms. The molecule has 0 saturated carbocycles. The average molecular weight is 459 g/mol. The highest BCUT2D eigenvalue weighted by molar-refractivity contribution is 8.00. The van der Waals surface area contributed by atoms with Gasteiger partial charge in [0.05, 0.1) is 12.4 Å². The zero-order valence-corrected chi connectivity index (χ0v) is 19.5. The number of hydrogen-bond acceptors (Lipinski definition) is 5. The van der Waals surface area contributed by atoms with Gasteiger partial charge in [-0.05, 0) is 55.3 Å². The van der Waals surface area contributed by atoms with E-state index in [1.165, 1.54) is 17.3 Å². The molecular weight excluding hydrogens is 432 g/mol. The molecule has 0 saturated heterocycles. The fraction of sp³-hybridized carbons (Fsp3) is 0.192. The van der Waals surface area contributed by atoms with Crippen molar-refractivity contribution in [3.8, 4) is 22.8 Å². The Morgan fingerprint density at radius 1 is 0.970 bits per heavy atom. The van der Waals surface area contributed by atoms with Gasteiger partial charge >= 0.3 is 0 Å². The number of aromatic nitrogens is 3. The molecule has 0 aliphatic rings. The van der Waals surface area contributed by atoms with Gasteiger partial charge < -0.3 is 10.1 Å². The lowest BCUT2D eigenvalue weighted by Gasteiger charge is -2.14. The second-order valence-corrected chi connectivity index (χ2v) is 8.80. The summed E-state index contributed by atoms with van der Waals surface area (Å²) in [4.78, 5) is 12.7. The molecule has 1 N–H and O–H groups in total. The van der Waals surface area contributed by atoms with Crippen molar-refractivity contribution >= 4 is 17.7 Å². The number of nitrogens with one attached hydrogen (secondary N) is 1. The molecule has 0 aliphatic carbocycles. The van der Waals surface area contributed by atoms with Gasteiger partial charge in [-0.25, -0.2) is 0 Å². The first-order valence-electron chi connectivity index (χ1n) is 10.8. The molecule has 0 fully saturated rings. The molecule has 7 heteroatoms. The number of carbonyl (C=O) groups is 1. The van der Waals surface area contributed by atoms with E-state index in [2.05, 4.69) is 27.6 Å². The Kier molecular flexibility index (Phi) is 7.42. The van der Waals surface area contributed by atoms with E-state index in [1.54, 1.807) is 7.11 Å². The fourth-order valence-electron chi connectivity index (χ4n) is 3.41. The van der Waals surface area contributed by atoms with Gasteiger partial charge in [-0.2, -0.15) is 0 Å². The van der Waals surface area contributed by atoms with Crippen LogP contribution in [0.2, 0.25) is 0 Å². The Balaban J connectivity index is 1.51. The van der Waals surface area contributed by atoms with Crippen molar-refractivity contribution in [2.45, 2.75) is 23.8 Å². The van der Waals surface area contributed by atoms with Crippen LogP contribution in [0.25, 0.3) is 17.1 Å². The molecule has 4 rings (SSSR count). The highest BCUT2D eigenvalue weighted by Crippen LogP contribution is 2.30. The van der Waals surface area contributed by atoms with Crippen molar-refractivity contribution in [3.63, 3.8) is 0 Å². The van der Waals surface area contributed by atoms with Gasteiger partial charge in [0.2, 0.25) is 5.91 Å². The monoisotopic (exact) mass is 458 g/mol. The molecule has 0 radical (unpaired) electrons. The third-order valence-electron chi connectivity index (χ3n) is 5.20. The maximum absolute atomic E-state index is 12.7. The van der Waals surface area contributed by atoms with Gasteiger partial charge in [0.1, 0.15) is 5.75 Å². The predicted octanol–water partition coefficient (Wildman–Crippen LogP) is 4.78. The zero-order valence-electron chi connectivity index (χ0n) is 18.6. The summed E-state index contributed by atoms with van der Waals surface area (Å²) < 4.78 is 7.26. The lowest BCUT2D eigenvalue weighted by molar-refractivity contribution is -0.120. The summed E-state index contributed by atoms with van der Waals surface area (Å²) in [6.45, 7) is 2.48. The number of para-hydroxylation sites is 1. The first-order valence-corrected chi connectivity index (χ1v) is 11.7. The third kappa shape index (κ3) is 5.62. The van der Waals surface area contributed by atoms with Crippen LogP contribution in [-0.2, 0) is 11.2 Å². The van der Waals surface area contributed by atoms with Crippen LogP contribution >= 0.6 is 11.8 Å². The molecule has 1 amide bonds. The van der Waals surface area contributed by atoms with E-state index >= 15 is 0 Å². The van der Waals surface area contributed by atoms with Crippen LogP contribution < -0.4 is 10.1 Å². The minimum absolute atomic E-state index is 0.0236. The largest absolute Gasteiger partial charge is 0.497 e. The average Bonchev–Trinajstić information content (AvgIpc) is 3.28. The lowest BCUT2D eigenvalue weighted by Crippen LogP contribution is -2.32. The number of benzene rings is 3. The fourth-order valence-corrected chi connectivity index (χ4v) is 4.31. The van der Waals surface area contributed by atoms with E-state index < -0.39 is 0 Å². The van der Waals surface area contributed by atoms with Crippen LogP contribution in [0.4, 0.5) is 0 Å². The van der Waals surface area contributed by atoms with Crippen LogP contribution in [0.5, 0.6) is 5.75 Å². The second kappa shape index (κ2) is 10.8. The van der Waals surface area contributed by atoms with Crippen molar-refractivity contribution in [3.05, 3.63) is 90.5 Å². The molecule has 0 aliphatic heterocycles. The van der Waals surface area contributed by atoms with E-state index in [0.717, 1.165) is 23.4 Å². The van der Waals surface area contributed by atoms with E-state index in [-0.39, 0.29) is 11.2 Å². The molecule has 0 spiro atoms. The molecule has 1 aromatic heterocycles. The third-order valence-corrected chi connectivity index (χ3v) is 6.25. The Morgan fingerprint density at radius 2 is 1.64 bits per heavy atom. The zero-order chi connectivity index (χ0) is 23.0. The number of thioether (sulfide) groups is 1. The molecule has 3 aromatic carbocycles. The van der Waals surface area contributed by atoms with Gasteiger partial charge in [-0.15, -0.1) is 10.2 Å². The molecule has 33 heavy (non-hydrogen) atoms. The summed E-state index contributed by atoms with van der Waals surface area (Å²) in [5, 5.41) is 12.3. The van der Waals surface area contributed by atoms with Crippen LogP contribution in [0, 0.1) is 0 Å². The number of amides is 1. The molecular formula is C26H26N4O2S. The van der Waals surface area contributed by atoms with E-state index in [4.69, 9.17) is 4.74 Å². The maximum atomic E-state index is 12.7. The number of nitrogens with zero attached hydrogens (tertiary/aromatic N) is 3. The van der Waals surface area contributed by atoms with Crippen LogP contribution in [0.3, 0.4) is 0 Å². The van der Waals surface area contributed by atoms with E-state index in [1.807, 2.05) is 84.3 Å². The Bertz CT molecular complexity index is 1180. The van der Waals surface area contributed by atoms with E-state index in [9.17, 15) is 4.79 Å². The quantitative estimate of drug-likeness (QED) is 0.366. The normalized spacial score (nSPS) is 11.7. The summed E-state index contributed by atoms with van der Waals surface area (Å²) in [7, 11) is 1.64. The molecule has 4 aromatic rings. The first kappa shape index (κ1) is 22.6. The number of carbonyl (C=O) groups excluding carboxylic acids is 1. The lowest BCUT2D eigenvalue weighted by atomic mass is 10.1. The molecule has 1 heterocycles. The number of methoxy groups -OCH3 is 1. The van der Waals surface area contributed by atoms with Crippen LogP contribution in [0.1, 0.15) is 12.5 Å². The molecule has 6 nitrogen and oxygen atoms in total. The number of hydrogen-bond donors (Lipinski definition) is 1. The van der Waals surface area contributed by atoms with Gasteiger partial charge in [0.25, 0.3) is 0 Å². The van der Waals surface area contributed by atoms with Crippen molar-refractivity contribution in [1.82, 2.24) is 20.1 Å². The van der Waals surface area contributed by atoms with Gasteiger partial charge in [0, 0.05) is 17.8 Å². The highest BCUT2D eigenvalue weighted by atomic mass is 32.2. The Morgan fingerprint density at radius 3 is 2.30 bits per heavy atom. The van der Waals surface area contributed by atoms with Gasteiger partial charge in [0.15, 0.2) is 11.0 Å². The van der Waals surface area contributed by atoms with Gasteiger partial charge in [-0.1, -0.05) is 60.3 Å². The highest BCUT2D eigenvalue weighted by Gasteiger charge is 2.21. The Hall–Kier alpha value is -3.58. The Labute approximate surface area is 198 Å². The summed E-state index contributed by atoms with van der Waals surface area (Å²) in [5.74, 6) is 1.47. The topological polar surface area (TPSA) is 69.0 Å². The molecule has 1 atom stereocenters. The van der Waals surface area contributed by atoms with Gasteiger partial charge in [-0.3, -0.25) is 9.36 Å². The number of rotatable bonds is 9. The maximum Gasteiger partial charge on any atom is 0.233 e. The van der Waals surface area contributed by atoms with Crippen LogP contribution in [0.15, 0.2) is 90.1 Å². The first-order chi connectivity index (χ1) is 16.2. The predicted molar refractivity (Wildman–Crippen MR) is 132 cm³/mol. The minimum Gasteiger partial charge on any atom is -0.497 e. The van der Waals surface area contributed by atoms with Crippen molar-refractivity contribution in [1.29, 1.82) is 0 Å². The van der Waals surface area contributed by atoms with Crippen molar-refractivity contribution in [2.75, 3.05) is 13.7 Å². The summed E-state index contributed by atoms with van der Waals surface area (Å²) in [6.07, 6.45) is 0.797. The van der Waals surface area contributed by atoms with E-state index in [0.29, 0.717) is 17.5 Å². The summed E-state index contributed by atoms with van der Waals surface area (Å²) in [5.41, 5.74) is 3.05. The smallest absolute Gasteiger partial charge is 0.233 e. The van der Waals surface area contributed by atoms with Crippen molar-refractivity contribution in [2.24, 2.45) is 0 Å². The van der Waals surface area contributed by atoms with Crippen LogP contribution in [-0.4, -0.2) is 39.6 Å².